The van der Waals surface area contributed by atoms with E-state index >= 15 is 0 Å². The summed E-state index contributed by atoms with van der Waals surface area (Å²) in [6.45, 7) is 2.64. The van der Waals surface area contributed by atoms with E-state index in [1.165, 1.54) is 23.1 Å². The Labute approximate surface area is 183 Å². The number of hydrogen-bond donors (Lipinski definition) is 1. The van der Waals surface area contributed by atoms with E-state index < -0.39 is 5.82 Å². The van der Waals surface area contributed by atoms with Crippen LogP contribution in [0.4, 0.5) is 4.39 Å². The Morgan fingerprint density at radius 2 is 2.06 bits per heavy atom. The number of hydrogen-bond acceptors (Lipinski definition) is 3. The van der Waals surface area contributed by atoms with Crippen molar-refractivity contribution in [2.45, 2.75) is 13.3 Å². The Kier molecular flexibility index (Phi) is 4.87. The second-order valence-corrected chi connectivity index (χ2v) is 7.94. The van der Waals surface area contributed by atoms with Gasteiger partial charge >= 0.3 is 0 Å². The number of benzene rings is 2. The highest BCUT2D eigenvalue weighted by Gasteiger charge is 2.29. The van der Waals surface area contributed by atoms with E-state index in [1.807, 2.05) is 24.4 Å². The zero-order chi connectivity index (χ0) is 21.5. The summed E-state index contributed by atoms with van der Waals surface area (Å²) >= 11 is 6.20. The van der Waals surface area contributed by atoms with Crippen molar-refractivity contribution < 1.29 is 13.7 Å². The maximum Gasteiger partial charge on any atom is 0.260 e. The minimum Gasteiger partial charge on any atom is -0.361 e. The fourth-order valence-electron chi connectivity index (χ4n) is 4.11. The average molecular weight is 436 g/mol. The molecule has 0 spiro atoms. The molecule has 4 aromatic rings. The third-order valence-corrected chi connectivity index (χ3v) is 6.02. The highest BCUT2D eigenvalue weighted by Crippen LogP contribution is 2.35. The van der Waals surface area contributed by atoms with Crippen molar-refractivity contribution in [3.8, 4) is 11.3 Å². The molecule has 5 nitrogen and oxygen atoms in total. The van der Waals surface area contributed by atoms with E-state index in [9.17, 15) is 9.18 Å². The fraction of sp³-hybridized carbons (Fsp3) is 0.167. The summed E-state index contributed by atoms with van der Waals surface area (Å²) in [6, 6.07) is 12.5. The number of amides is 1. The molecule has 5 rings (SSSR count). The lowest BCUT2D eigenvalue weighted by Crippen LogP contribution is -2.35. The number of carbonyl (C=O) groups is 1. The zero-order valence-electron chi connectivity index (χ0n) is 16.8. The SMILES string of the molecule is Cc1onc(-c2c(F)cccc2Cl)c1C(=O)N1CC=C(c2c[nH]c3ccccc23)CC1. The van der Waals surface area contributed by atoms with Crippen LogP contribution in [0, 0.1) is 12.7 Å². The number of halogens is 2. The lowest BCUT2D eigenvalue weighted by molar-refractivity contribution is 0.0772. The molecule has 31 heavy (non-hydrogen) atoms. The maximum atomic E-state index is 14.5. The Morgan fingerprint density at radius 3 is 2.84 bits per heavy atom. The van der Waals surface area contributed by atoms with Gasteiger partial charge in [-0.2, -0.15) is 0 Å². The van der Waals surface area contributed by atoms with Gasteiger partial charge in [0.05, 0.1) is 10.6 Å². The van der Waals surface area contributed by atoms with Crippen LogP contribution >= 0.6 is 11.6 Å². The van der Waals surface area contributed by atoms with Crippen LogP contribution in [0.25, 0.3) is 27.7 Å². The van der Waals surface area contributed by atoms with E-state index in [2.05, 4.69) is 22.3 Å². The molecule has 1 aliphatic rings. The number of aromatic nitrogens is 2. The van der Waals surface area contributed by atoms with Gasteiger partial charge in [0.15, 0.2) is 0 Å². The molecule has 1 aliphatic heterocycles. The van der Waals surface area contributed by atoms with Gasteiger partial charge in [-0.05, 0) is 37.1 Å². The molecule has 0 saturated carbocycles. The van der Waals surface area contributed by atoms with Crippen molar-refractivity contribution in [3.05, 3.63) is 82.5 Å². The molecule has 0 atom stereocenters. The normalized spacial score (nSPS) is 14.2. The molecule has 0 saturated heterocycles. The number of nitrogens with one attached hydrogen (secondary N) is 1. The number of nitrogens with zero attached hydrogens (tertiary/aromatic N) is 2. The molecule has 0 radical (unpaired) electrons. The number of rotatable bonds is 3. The van der Waals surface area contributed by atoms with Gasteiger partial charge in [-0.3, -0.25) is 4.79 Å². The van der Waals surface area contributed by atoms with Crippen LogP contribution in [-0.4, -0.2) is 34.0 Å². The van der Waals surface area contributed by atoms with Crippen LogP contribution in [0.2, 0.25) is 5.02 Å². The number of H-pyrrole nitrogens is 1. The molecule has 0 bridgehead atoms. The Bertz CT molecular complexity index is 1320. The number of aryl methyl sites for hydroxylation is 1. The summed E-state index contributed by atoms with van der Waals surface area (Å²) in [7, 11) is 0. The van der Waals surface area contributed by atoms with Gasteiger partial charge in [-0.1, -0.05) is 47.1 Å². The molecule has 7 heteroatoms. The van der Waals surface area contributed by atoms with Crippen molar-refractivity contribution in [1.82, 2.24) is 15.0 Å². The summed E-state index contributed by atoms with van der Waals surface area (Å²) in [5, 5.41) is 5.30. The zero-order valence-corrected chi connectivity index (χ0v) is 17.5. The van der Waals surface area contributed by atoms with Crippen LogP contribution in [0.5, 0.6) is 0 Å². The van der Waals surface area contributed by atoms with E-state index in [1.54, 1.807) is 17.9 Å². The molecular weight excluding hydrogens is 417 g/mol. The maximum absolute atomic E-state index is 14.5. The van der Waals surface area contributed by atoms with Crippen LogP contribution in [0.3, 0.4) is 0 Å². The Morgan fingerprint density at radius 1 is 1.23 bits per heavy atom. The molecule has 156 valence electrons. The van der Waals surface area contributed by atoms with Crippen molar-refractivity contribution in [1.29, 1.82) is 0 Å². The highest BCUT2D eigenvalue weighted by atomic mass is 35.5. The quantitative estimate of drug-likeness (QED) is 0.439. The van der Waals surface area contributed by atoms with Gasteiger partial charge in [0.25, 0.3) is 5.91 Å². The molecule has 2 aromatic carbocycles. The van der Waals surface area contributed by atoms with E-state index in [-0.39, 0.29) is 27.8 Å². The first-order valence-corrected chi connectivity index (χ1v) is 10.4. The highest BCUT2D eigenvalue weighted by molar-refractivity contribution is 6.33. The second kappa shape index (κ2) is 7.71. The monoisotopic (exact) mass is 435 g/mol. The van der Waals surface area contributed by atoms with Crippen LogP contribution in [0.15, 0.2) is 59.3 Å². The molecule has 1 N–H and O–H groups in total. The summed E-state index contributed by atoms with van der Waals surface area (Å²) in [4.78, 5) is 18.3. The standard InChI is InChI=1S/C24H19ClFN3O2/c1-14-21(23(28-31-14)22-18(25)6-4-7-19(22)26)24(30)29-11-9-15(10-12-29)17-13-27-20-8-3-2-5-16(17)20/h2-9,13,27H,10-12H2,1H3. The topological polar surface area (TPSA) is 62.1 Å². The van der Waals surface area contributed by atoms with Gasteiger partial charge in [0.2, 0.25) is 0 Å². The molecule has 0 fully saturated rings. The fourth-order valence-corrected chi connectivity index (χ4v) is 4.36. The summed E-state index contributed by atoms with van der Waals surface area (Å²) in [6.07, 6.45) is 4.79. The first-order chi connectivity index (χ1) is 15.0. The second-order valence-electron chi connectivity index (χ2n) is 7.54. The molecular formula is C24H19ClFN3O2. The first kappa shape index (κ1) is 19.6. The average Bonchev–Trinajstić information content (AvgIpc) is 3.37. The minimum absolute atomic E-state index is 0.0800. The van der Waals surface area contributed by atoms with Crippen molar-refractivity contribution in [2.24, 2.45) is 0 Å². The lowest BCUT2D eigenvalue weighted by Gasteiger charge is -2.26. The number of para-hydroxylation sites is 1. The van der Waals surface area contributed by atoms with Crippen LogP contribution in [-0.2, 0) is 0 Å². The molecule has 0 aliphatic carbocycles. The minimum atomic E-state index is -0.546. The van der Waals surface area contributed by atoms with Gasteiger partial charge in [0, 0.05) is 35.8 Å². The summed E-state index contributed by atoms with van der Waals surface area (Å²) in [5.74, 6) is -0.456. The number of carbonyl (C=O) groups excluding carboxylic acids is 1. The van der Waals surface area contributed by atoms with Crippen LogP contribution < -0.4 is 0 Å². The Hall–Kier alpha value is -3.38. The van der Waals surface area contributed by atoms with Gasteiger partial charge in [-0.25, -0.2) is 4.39 Å². The summed E-state index contributed by atoms with van der Waals surface area (Å²) < 4.78 is 19.7. The predicted molar refractivity (Wildman–Crippen MR) is 118 cm³/mol. The van der Waals surface area contributed by atoms with E-state index in [4.69, 9.17) is 16.1 Å². The molecule has 2 aromatic heterocycles. The van der Waals surface area contributed by atoms with Crippen molar-refractivity contribution in [3.63, 3.8) is 0 Å². The number of fused-ring (bicyclic) bond motifs is 1. The third-order valence-electron chi connectivity index (χ3n) is 5.71. The predicted octanol–water partition coefficient (Wildman–Crippen LogP) is 5.85. The Balaban J connectivity index is 1.45. The van der Waals surface area contributed by atoms with Gasteiger partial charge in [-0.15, -0.1) is 0 Å². The number of aromatic amines is 1. The van der Waals surface area contributed by atoms with Crippen molar-refractivity contribution in [2.75, 3.05) is 13.1 Å². The van der Waals surface area contributed by atoms with Crippen LogP contribution in [0.1, 0.15) is 28.1 Å². The third kappa shape index (κ3) is 3.33. The van der Waals surface area contributed by atoms with E-state index in [0.29, 0.717) is 25.3 Å². The van der Waals surface area contributed by atoms with Crippen molar-refractivity contribution >= 4 is 34.0 Å². The van der Waals surface area contributed by atoms with E-state index in [0.717, 1.165) is 11.1 Å². The first-order valence-electron chi connectivity index (χ1n) is 10.00. The van der Waals surface area contributed by atoms with Gasteiger partial charge < -0.3 is 14.4 Å². The molecule has 1 amide bonds. The smallest absolute Gasteiger partial charge is 0.260 e. The molecule has 3 heterocycles. The molecule has 0 unspecified atom stereocenters. The van der Waals surface area contributed by atoms with Gasteiger partial charge in [0.1, 0.15) is 22.8 Å². The lowest BCUT2D eigenvalue weighted by atomic mass is 9.98. The largest absolute Gasteiger partial charge is 0.361 e. The summed E-state index contributed by atoms with van der Waals surface area (Å²) in [5.41, 5.74) is 3.90.